The number of amides is 1. The summed E-state index contributed by atoms with van der Waals surface area (Å²) < 4.78 is 10.9. The summed E-state index contributed by atoms with van der Waals surface area (Å²) >= 11 is 0. The average molecular weight is 399 g/mol. The van der Waals surface area contributed by atoms with E-state index in [0.717, 1.165) is 5.56 Å². The molecule has 1 saturated heterocycles. The van der Waals surface area contributed by atoms with Crippen molar-refractivity contribution in [2.24, 2.45) is 0 Å². The van der Waals surface area contributed by atoms with Gasteiger partial charge in [-0.1, -0.05) is 18.5 Å². The molecule has 1 fully saturated rings. The SMILES string of the molecule is O=C(O)c1c(OC2CN(C(=O)Cc3cccnc3)C2)ccc2c1O[B-](O)(O)CC2. The predicted octanol–water partition coefficient (Wildman–Crippen LogP) is 0.470. The molecular formula is C19H20BN2O7-. The molecule has 4 rings (SSSR count). The zero-order chi connectivity index (χ0) is 20.6. The fourth-order valence-electron chi connectivity index (χ4n) is 3.52. The molecule has 152 valence electrons. The van der Waals surface area contributed by atoms with Crippen molar-refractivity contribution in [3.63, 3.8) is 0 Å². The fourth-order valence-corrected chi connectivity index (χ4v) is 3.52. The molecule has 0 atom stereocenters. The van der Waals surface area contributed by atoms with Crippen LogP contribution in [0.25, 0.3) is 0 Å². The number of carbonyl (C=O) groups is 2. The summed E-state index contributed by atoms with van der Waals surface area (Å²) in [4.78, 5) is 29.7. The Kier molecular flexibility index (Phi) is 4.89. The Morgan fingerprint density at radius 3 is 2.76 bits per heavy atom. The van der Waals surface area contributed by atoms with Gasteiger partial charge in [0, 0.05) is 12.4 Å². The number of pyridine rings is 1. The van der Waals surface area contributed by atoms with E-state index in [-0.39, 0.29) is 41.8 Å². The number of nitrogens with zero attached hydrogens (tertiary/aromatic N) is 2. The van der Waals surface area contributed by atoms with E-state index in [4.69, 9.17) is 9.39 Å². The Bertz CT molecular complexity index is 945. The van der Waals surface area contributed by atoms with Crippen LogP contribution in [-0.2, 0) is 17.6 Å². The van der Waals surface area contributed by atoms with Gasteiger partial charge in [-0.15, -0.1) is 0 Å². The van der Waals surface area contributed by atoms with E-state index >= 15 is 0 Å². The van der Waals surface area contributed by atoms with Gasteiger partial charge in [-0.05, 0) is 29.7 Å². The number of hydrogen-bond acceptors (Lipinski definition) is 7. The van der Waals surface area contributed by atoms with Gasteiger partial charge < -0.3 is 29.4 Å². The number of aryl methyl sites for hydroxylation is 1. The lowest BCUT2D eigenvalue weighted by Gasteiger charge is -2.40. The molecule has 1 aromatic carbocycles. The van der Waals surface area contributed by atoms with E-state index < -0.39 is 12.7 Å². The minimum absolute atomic E-state index is 0.00287. The standard InChI is InChI=1S/C19H20BN2O7/c23-16(8-12-2-1-7-21-9-12)22-10-14(11-22)28-15-4-3-13-5-6-20(26,27)29-18(13)17(15)19(24)25/h1-4,7,9,14,26-27H,5-6,8,10-11H2,(H,24,25)/q-1. The number of aromatic carboxylic acids is 1. The maximum Gasteiger partial charge on any atom is 0.430 e. The van der Waals surface area contributed by atoms with E-state index in [0.29, 0.717) is 25.1 Å². The van der Waals surface area contributed by atoms with Crippen molar-refractivity contribution in [1.29, 1.82) is 0 Å². The van der Waals surface area contributed by atoms with E-state index in [1.165, 1.54) is 0 Å². The van der Waals surface area contributed by atoms with Crippen molar-refractivity contribution in [2.75, 3.05) is 13.1 Å². The van der Waals surface area contributed by atoms with Gasteiger partial charge in [0.05, 0.1) is 25.3 Å². The second-order valence-corrected chi connectivity index (χ2v) is 7.32. The zero-order valence-electron chi connectivity index (χ0n) is 15.5. The van der Waals surface area contributed by atoms with Crippen molar-refractivity contribution in [3.05, 3.63) is 53.3 Å². The highest BCUT2D eigenvalue weighted by Crippen LogP contribution is 2.38. The lowest BCUT2D eigenvalue weighted by atomic mass is 9.70. The highest BCUT2D eigenvalue weighted by Gasteiger charge is 2.36. The van der Waals surface area contributed by atoms with Crippen LogP contribution in [0, 0.1) is 0 Å². The monoisotopic (exact) mass is 399 g/mol. The highest BCUT2D eigenvalue weighted by atomic mass is 16.6. The van der Waals surface area contributed by atoms with Crippen molar-refractivity contribution in [3.8, 4) is 11.5 Å². The number of rotatable bonds is 5. The summed E-state index contributed by atoms with van der Waals surface area (Å²) in [5.41, 5.74) is 1.16. The van der Waals surface area contributed by atoms with E-state index in [9.17, 15) is 24.7 Å². The van der Waals surface area contributed by atoms with Crippen LogP contribution in [0.2, 0.25) is 6.32 Å². The Labute approximate surface area is 166 Å². The van der Waals surface area contributed by atoms with Crippen LogP contribution in [0.3, 0.4) is 0 Å². The maximum atomic E-state index is 12.3. The smallest absolute Gasteiger partial charge is 0.430 e. The Hall–Kier alpha value is -3.11. The molecule has 1 aromatic heterocycles. The number of hydrogen-bond donors (Lipinski definition) is 3. The van der Waals surface area contributed by atoms with Crippen molar-refractivity contribution in [1.82, 2.24) is 9.88 Å². The van der Waals surface area contributed by atoms with Gasteiger partial charge in [-0.25, -0.2) is 4.79 Å². The molecule has 29 heavy (non-hydrogen) atoms. The zero-order valence-corrected chi connectivity index (χ0v) is 15.5. The summed E-state index contributed by atoms with van der Waals surface area (Å²) in [7, 11) is 0. The number of carbonyl (C=O) groups excluding carboxylic acids is 1. The maximum absolute atomic E-state index is 12.3. The predicted molar refractivity (Wildman–Crippen MR) is 102 cm³/mol. The third-order valence-corrected chi connectivity index (χ3v) is 5.08. The molecule has 10 heteroatoms. The third kappa shape index (κ3) is 4.03. The topological polar surface area (TPSA) is 129 Å². The summed E-state index contributed by atoms with van der Waals surface area (Å²) in [5, 5.41) is 29.2. The van der Waals surface area contributed by atoms with Gasteiger partial charge >= 0.3 is 12.7 Å². The van der Waals surface area contributed by atoms with Crippen molar-refractivity contribution >= 4 is 18.6 Å². The van der Waals surface area contributed by atoms with Crippen molar-refractivity contribution < 1.29 is 34.1 Å². The van der Waals surface area contributed by atoms with Crippen LogP contribution in [0.4, 0.5) is 0 Å². The average Bonchev–Trinajstić information content (AvgIpc) is 2.63. The normalized spacial score (nSPS) is 17.7. The minimum atomic E-state index is -3.09. The van der Waals surface area contributed by atoms with Crippen LogP contribution >= 0.6 is 0 Å². The van der Waals surface area contributed by atoms with Crippen LogP contribution in [0.15, 0.2) is 36.7 Å². The number of likely N-dealkylation sites (tertiary alicyclic amines) is 1. The van der Waals surface area contributed by atoms with E-state index in [1.807, 2.05) is 6.07 Å². The van der Waals surface area contributed by atoms with Crippen LogP contribution in [0.5, 0.6) is 11.5 Å². The molecule has 9 nitrogen and oxygen atoms in total. The van der Waals surface area contributed by atoms with E-state index in [2.05, 4.69) is 4.98 Å². The minimum Gasteiger partial charge on any atom is -0.669 e. The molecule has 2 aliphatic rings. The second-order valence-electron chi connectivity index (χ2n) is 7.32. The van der Waals surface area contributed by atoms with Crippen LogP contribution in [-0.4, -0.2) is 62.9 Å². The molecule has 0 radical (unpaired) electrons. The number of ether oxygens (including phenoxy) is 1. The molecule has 2 aromatic rings. The van der Waals surface area contributed by atoms with Gasteiger partial charge in [0.1, 0.15) is 17.4 Å². The Morgan fingerprint density at radius 2 is 2.07 bits per heavy atom. The molecule has 0 spiro atoms. The van der Waals surface area contributed by atoms with Crippen molar-refractivity contribution in [2.45, 2.75) is 25.3 Å². The number of aromatic nitrogens is 1. The first-order chi connectivity index (χ1) is 13.8. The molecule has 0 bridgehead atoms. The highest BCUT2D eigenvalue weighted by molar-refractivity contribution is 6.59. The summed E-state index contributed by atoms with van der Waals surface area (Å²) in [6.07, 6.45) is 3.46. The second kappa shape index (κ2) is 7.38. The molecule has 3 N–H and O–H groups in total. The van der Waals surface area contributed by atoms with Gasteiger partial charge in [-0.2, -0.15) is 0 Å². The summed E-state index contributed by atoms with van der Waals surface area (Å²) in [6.45, 7) is -2.42. The van der Waals surface area contributed by atoms with Gasteiger partial charge in [0.25, 0.3) is 0 Å². The first kappa shape index (κ1) is 19.2. The fraction of sp³-hybridized carbons (Fsp3) is 0.316. The molecule has 0 saturated carbocycles. The molecule has 0 unspecified atom stereocenters. The van der Waals surface area contributed by atoms with Crippen LogP contribution in [0.1, 0.15) is 21.5 Å². The largest absolute Gasteiger partial charge is 0.669 e. The lowest BCUT2D eigenvalue weighted by Crippen LogP contribution is -2.56. The number of carboxylic acid groups (broad SMARTS) is 1. The number of carboxylic acids is 1. The summed E-state index contributed by atoms with van der Waals surface area (Å²) in [5.74, 6) is -1.34. The van der Waals surface area contributed by atoms with Gasteiger partial charge in [0.15, 0.2) is 0 Å². The molecule has 0 aliphatic carbocycles. The van der Waals surface area contributed by atoms with Crippen LogP contribution < -0.4 is 9.39 Å². The van der Waals surface area contributed by atoms with Gasteiger partial charge in [-0.3, -0.25) is 9.78 Å². The third-order valence-electron chi connectivity index (χ3n) is 5.08. The Morgan fingerprint density at radius 1 is 1.28 bits per heavy atom. The lowest BCUT2D eigenvalue weighted by molar-refractivity contribution is -0.139. The number of fused-ring (bicyclic) bond motifs is 1. The molecular weight excluding hydrogens is 379 g/mol. The molecule has 2 aliphatic heterocycles. The quantitative estimate of drug-likeness (QED) is 0.619. The summed E-state index contributed by atoms with van der Waals surface area (Å²) in [6, 6.07) is 6.80. The first-order valence-electron chi connectivity index (χ1n) is 9.34. The molecule has 3 heterocycles. The Balaban J connectivity index is 1.43. The van der Waals surface area contributed by atoms with E-state index in [1.54, 1.807) is 35.5 Å². The number of benzene rings is 1. The van der Waals surface area contributed by atoms with Gasteiger partial charge in [0.2, 0.25) is 5.91 Å². The first-order valence-corrected chi connectivity index (χ1v) is 9.34. The molecule has 1 amide bonds.